The summed E-state index contributed by atoms with van der Waals surface area (Å²) in [7, 11) is 0. The van der Waals surface area contributed by atoms with Gasteiger partial charge in [0.15, 0.2) is 0 Å². The quantitative estimate of drug-likeness (QED) is 0.795. The van der Waals surface area contributed by atoms with Gasteiger partial charge >= 0.3 is 0 Å². The molecule has 7 heteroatoms. The van der Waals surface area contributed by atoms with Gasteiger partial charge < -0.3 is 9.80 Å². The molecule has 0 N–H and O–H groups in total. The molecule has 2 fully saturated rings. The number of likely N-dealkylation sites (tertiary alicyclic amines) is 2. The molecule has 0 saturated carbocycles. The maximum absolute atomic E-state index is 12.9. The van der Waals surface area contributed by atoms with Crippen molar-refractivity contribution >= 4 is 11.8 Å². The third-order valence-electron chi connectivity index (χ3n) is 6.05. The number of hydrogen-bond acceptors (Lipinski definition) is 5. The highest BCUT2D eigenvalue weighted by atomic mass is 16.2. The molecule has 1 atom stereocenters. The van der Waals surface area contributed by atoms with Gasteiger partial charge in [-0.3, -0.25) is 24.5 Å². The van der Waals surface area contributed by atoms with Crippen molar-refractivity contribution in [1.29, 1.82) is 0 Å². The number of nitrogens with zero attached hydrogens (tertiary/aromatic N) is 5. The predicted octanol–water partition coefficient (Wildman–Crippen LogP) is 2.15. The van der Waals surface area contributed by atoms with Gasteiger partial charge in [0.1, 0.15) is 0 Å². The normalized spacial score (nSPS) is 22.2. The first-order chi connectivity index (χ1) is 14.0. The number of carbonyl (C=O) groups excluding carboxylic acids is 2. The van der Waals surface area contributed by atoms with Crippen LogP contribution in [0.5, 0.6) is 0 Å². The number of amides is 2. The van der Waals surface area contributed by atoms with Gasteiger partial charge in [-0.15, -0.1) is 0 Å². The minimum absolute atomic E-state index is 0.0157. The van der Waals surface area contributed by atoms with Crippen LogP contribution in [0, 0.1) is 12.3 Å². The summed E-state index contributed by atoms with van der Waals surface area (Å²) in [6.45, 7) is 4.58. The molecule has 2 aliphatic heterocycles. The molecule has 2 saturated heterocycles. The summed E-state index contributed by atoms with van der Waals surface area (Å²) in [4.78, 5) is 42.0. The van der Waals surface area contributed by atoms with E-state index in [0.717, 1.165) is 49.3 Å². The fourth-order valence-corrected chi connectivity index (χ4v) is 4.48. The molecule has 0 bridgehead atoms. The summed E-state index contributed by atoms with van der Waals surface area (Å²) >= 11 is 0. The summed E-state index contributed by atoms with van der Waals surface area (Å²) < 4.78 is 0. The zero-order valence-corrected chi connectivity index (χ0v) is 16.9. The van der Waals surface area contributed by atoms with Gasteiger partial charge in [-0.1, -0.05) is 0 Å². The van der Waals surface area contributed by atoms with E-state index < -0.39 is 0 Å². The van der Waals surface area contributed by atoms with Crippen molar-refractivity contribution in [2.24, 2.45) is 5.41 Å². The number of aryl methyl sites for hydroxylation is 1. The van der Waals surface area contributed by atoms with Crippen LogP contribution in [-0.2, 0) is 22.6 Å². The molecule has 152 valence electrons. The fourth-order valence-electron chi connectivity index (χ4n) is 4.48. The van der Waals surface area contributed by atoms with Gasteiger partial charge in [-0.25, -0.2) is 0 Å². The molecule has 2 aromatic rings. The molecule has 2 aliphatic rings. The monoisotopic (exact) mass is 393 g/mol. The number of piperidine rings is 2. The van der Waals surface area contributed by atoms with E-state index in [4.69, 9.17) is 0 Å². The smallest absolute Gasteiger partial charge is 0.227 e. The maximum Gasteiger partial charge on any atom is 0.227 e. The number of hydrogen-bond donors (Lipinski definition) is 0. The summed E-state index contributed by atoms with van der Waals surface area (Å²) in [5.74, 6) is 0.321. The molecule has 0 aromatic carbocycles. The summed E-state index contributed by atoms with van der Waals surface area (Å²) in [6.07, 6.45) is 10.7. The molecule has 0 unspecified atom stereocenters. The lowest BCUT2D eigenvalue weighted by Gasteiger charge is -2.48. The number of carbonyl (C=O) groups is 2. The van der Waals surface area contributed by atoms with Crippen LogP contribution in [0.1, 0.15) is 42.6 Å². The van der Waals surface area contributed by atoms with E-state index in [1.165, 1.54) is 0 Å². The van der Waals surface area contributed by atoms with Crippen LogP contribution in [0.3, 0.4) is 0 Å². The van der Waals surface area contributed by atoms with Gasteiger partial charge in [-0.2, -0.15) is 0 Å². The van der Waals surface area contributed by atoms with Crippen molar-refractivity contribution in [2.75, 3.05) is 19.6 Å². The van der Waals surface area contributed by atoms with Crippen LogP contribution in [0.15, 0.2) is 36.9 Å². The van der Waals surface area contributed by atoms with Crippen LogP contribution in [0.4, 0.5) is 0 Å². The molecular weight excluding hydrogens is 366 g/mol. The zero-order valence-electron chi connectivity index (χ0n) is 16.9. The molecule has 4 heterocycles. The average molecular weight is 393 g/mol. The third kappa shape index (κ3) is 4.60. The predicted molar refractivity (Wildman–Crippen MR) is 108 cm³/mol. The Hall–Kier alpha value is -2.83. The molecule has 0 aliphatic carbocycles. The second-order valence-electron chi connectivity index (χ2n) is 8.35. The van der Waals surface area contributed by atoms with Crippen LogP contribution in [-0.4, -0.2) is 56.2 Å². The van der Waals surface area contributed by atoms with Gasteiger partial charge in [0.05, 0.1) is 30.6 Å². The van der Waals surface area contributed by atoms with E-state index in [-0.39, 0.29) is 17.2 Å². The lowest BCUT2D eigenvalue weighted by Crippen LogP contribution is -2.55. The van der Waals surface area contributed by atoms with Gasteiger partial charge in [-0.05, 0) is 43.9 Å². The van der Waals surface area contributed by atoms with Crippen LogP contribution in [0.25, 0.3) is 0 Å². The van der Waals surface area contributed by atoms with Crippen LogP contribution in [0.2, 0.25) is 0 Å². The minimum Gasteiger partial charge on any atom is -0.342 e. The van der Waals surface area contributed by atoms with E-state index in [1.54, 1.807) is 24.8 Å². The second kappa shape index (κ2) is 8.27. The Morgan fingerprint density at radius 1 is 1.14 bits per heavy atom. The van der Waals surface area contributed by atoms with Crippen molar-refractivity contribution in [3.63, 3.8) is 0 Å². The van der Waals surface area contributed by atoms with Crippen molar-refractivity contribution in [3.8, 4) is 0 Å². The Labute approximate surface area is 171 Å². The van der Waals surface area contributed by atoms with Crippen molar-refractivity contribution in [3.05, 3.63) is 53.9 Å². The largest absolute Gasteiger partial charge is 0.342 e. The molecule has 1 spiro atoms. The molecule has 2 amide bonds. The van der Waals surface area contributed by atoms with Crippen LogP contribution >= 0.6 is 0 Å². The maximum atomic E-state index is 12.9. The van der Waals surface area contributed by atoms with Gasteiger partial charge in [0.2, 0.25) is 11.8 Å². The van der Waals surface area contributed by atoms with E-state index in [0.29, 0.717) is 25.9 Å². The molecule has 4 rings (SSSR count). The molecular formula is C22H27N5O2. The number of aromatic nitrogens is 3. The Kier molecular flexibility index (Phi) is 5.56. The summed E-state index contributed by atoms with van der Waals surface area (Å²) in [5, 5.41) is 0. The zero-order chi connectivity index (χ0) is 20.3. The molecule has 2 aromatic heterocycles. The average Bonchev–Trinajstić information content (AvgIpc) is 2.73. The van der Waals surface area contributed by atoms with E-state index in [2.05, 4.69) is 15.0 Å². The first kappa shape index (κ1) is 19.5. The molecule has 0 radical (unpaired) electrons. The highest BCUT2D eigenvalue weighted by Crippen LogP contribution is 2.39. The lowest BCUT2D eigenvalue weighted by atomic mass is 9.73. The number of pyridine rings is 1. The Bertz CT molecular complexity index is 871. The fraction of sp³-hybridized carbons (Fsp3) is 0.500. The Balaban J connectivity index is 1.43. The molecule has 7 nitrogen and oxygen atoms in total. The standard InChI is InChI=1S/C22H27N5O2/c1-17-12-25-19(13-24-17)14-27-16-22(7-3-20(27)28)6-2-10-26(15-22)21(29)11-18-4-8-23-9-5-18/h4-5,8-9,12-13H,2-3,6-7,10-11,14-16H2,1H3/t22-/m0/s1. The van der Waals surface area contributed by atoms with Gasteiger partial charge in [0, 0.05) is 50.1 Å². The number of rotatable bonds is 4. The van der Waals surface area contributed by atoms with E-state index >= 15 is 0 Å². The van der Waals surface area contributed by atoms with Crippen molar-refractivity contribution in [1.82, 2.24) is 24.8 Å². The van der Waals surface area contributed by atoms with Crippen molar-refractivity contribution < 1.29 is 9.59 Å². The van der Waals surface area contributed by atoms with E-state index in [9.17, 15) is 9.59 Å². The van der Waals surface area contributed by atoms with Gasteiger partial charge in [0.25, 0.3) is 0 Å². The molecule has 29 heavy (non-hydrogen) atoms. The topological polar surface area (TPSA) is 79.3 Å². The first-order valence-electron chi connectivity index (χ1n) is 10.3. The minimum atomic E-state index is -0.0157. The lowest BCUT2D eigenvalue weighted by molar-refractivity contribution is -0.143. The highest BCUT2D eigenvalue weighted by Gasteiger charge is 2.42. The SMILES string of the molecule is Cc1cnc(CN2C[C@@]3(CCCN(C(=O)Cc4ccncc4)C3)CCC2=O)cn1. The Morgan fingerprint density at radius 2 is 1.97 bits per heavy atom. The second-order valence-corrected chi connectivity index (χ2v) is 8.35. The summed E-state index contributed by atoms with van der Waals surface area (Å²) in [6, 6.07) is 3.78. The van der Waals surface area contributed by atoms with Crippen molar-refractivity contribution in [2.45, 2.75) is 45.6 Å². The van der Waals surface area contributed by atoms with Crippen LogP contribution < -0.4 is 0 Å². The summed E-state index contributed by atoms with van der Waals surface area (Å²) in [5.41, 5.74) is 2.65. The third-order valence-corrected chi connectivity index (χ3v) is 6.05. The highest BCUT2D eigenvalue weighted by molar-refractivity contribution is 5.79. The first-order valence-corrected chi connectivity index (χ1v) is 10.3. The Morgan fingerprint density at radius 3 is 2.72 bits per heavy atom. The van der Waals surface area contributed by atoms with E-state index in [1.807, 2.05) is 28.9 Å².